The average molecular weight is 411 g/mol. The number of Topliss-reactive ketones (excluding diaryl/α,β-unsaturated/α-hetero) is 1. The number of rotatable bonds is 5. The molecule has 3 aromatic carbocycles. The van der Waals surface area contributed by atoms with Crippen LogP contribution in [0, 0.1) is 10.8 Å². The van der Waals surface area contributed by atoms with E-state index >= 15 is 0 Å². The predicted octanol–water partition coefficient (Wildman–Crippen LogP) is 4.61. The van der Waals surface area contributed by atoms with Gasteiger partial charge >= 0.3 is 5.97 Å². The molecule has 1 aliphatic heterocycles. The first-order valence-electron chi connectivity index (χ1n) is 10.3. The number of benzene rings is 3. The summed E-state index contributed by atoms with van der Waals surface area (Å²) in [5.74, 6) is -1.56. The molecule has 1 heterocycles. The van der Waals surface area contributed by atoms with Crippen molar-refractivity contribution in [1.29, 1.82) is 0 Å². The fourth-order valence-corrected chi connectivity index (χ4v) is 5.30. The van der Waals surface area contributed by atoms with Gasteiger partial charge in [-0.1, -0.05) is 73.7 Å². The summed E-state index contributed by atoms with van der Waals surface area (Å²) in [7, 11) is 0. The van der Waals surface area contributed by atoms with Crippen molar-refractivity contribution >= 4 is 23.3 Å². The lowest BCUT2D eigenvalue weighted by Crippen LogP contribution is -2.42. The Morgan fingerprint density at radius 3 is 2.19 bits per heavy atom. The highest BCUT2D eigenvalue weighted by Crippen LogP contribution is 2.80. The first-order valence-corrected chi connectivity index (χ1v) is 10.3. The lowest BCUT2D eigenvalue weighted by Gasteiger charge is -2.23. The average Bonchev–Trinajstić information content (AvgIpc) is 3.47. The minimum atomic E-state index is -1.61. The molecular weight excluding hydrogens is 390 g/mol. The fourth-order valence-electron chi connectivity index (χ4n) is 5.30. The first kappa shape index (κ1) is 19.2. The molecule has 5 heteroatoms. The molecule has 0 radical (unpaired) electrons. The number of carbonyl (C=O) groups is 3. The van der Waals surface area contributed by atoms with E-state index in [0.717, 1.165) is 5.56 Å². The molecule has 3 atom stereocenters. The van der Waals surface area contributed by atoms with E-state index in [9.17, 15) is 14.4 Å². The molecule has 5 rings (SSSR count). The number of hydrogen-bond acceptors (Lipinski definition) is 4. The highest BCUT2D eigenvalue weighted by Gasteiger charge is 2.89. The number of para-hydroxylation sites is 2. The third-order valence-electron chi connectivity index (χ3n) is 6.69. The number of ether oxygens (including phenoxy) is 1. The summed E-state index contributed by atoms with van der Waals surface area (Å²) in [6, 6.07) is 25.0. The van der Waals surface area contributed by atoms with Crippen molar-refractivity contribution in [3.63, 3.8) is 0 Å². The molecule has 2 aliphatic rings. The zero-order valence-corrected chi connectivity index (χ0v) is 17.0. The highest BCUT2D eigenvalue weighted by molar-refractivity contribution is 6.23. The molecule has 1 N–H and O–H groups in total. The number of nitrogens with one attached hydrogen (secondary N) is 1. The van der Waals surface area contributed by atoms with Crippen LogP contribution in [0.5, 0.6) is 5.75 Å². The van der Waals surface area contributed by atoms with E-state index in [2.05, 4.69) is 5.32 Å². The Labute approximate surface area is 180 Å². The maximum atomic E-state index is 13.9. The van der Waals surface area contributed by atoms with Gasteiger partial charge in [-0.2, -0.15) is 0 Å². The molecule has 0 spiro atoms. The maximum Gasteiger partial charge on any atom is 0.328 e. The van der Waals surface area contributed by atoms with Crippen LogP contribution in [0.3, 0.4) is 0 Å². The number of esters is 1. The highest BCUT2D eigenvalue weighted by atomic mass is 16.5. The van der Waals surface area contributed by atoms with Crippen LogP contribution >= 0.6 is 0 Å². The molecule has 154 valence electrons. The largest absolute Gasteiger partial charge is 0.425 e. The molecule has 0 saturated heterocycles. The summed E-state index contributed by atoms with van der Waals surface area (Å²) in [5.41, 5.74) is -1.06. The third-order valence-corrected chi connectivity index (χ3v) is 6.69. The molecule has 1 aliphatic carbocycles. The molecule has 0 bridgehead atoms. The second-order valence-electron chi connectivity index (χ2n) is 8.01. The van der Waals surface area contributed by atoms with Crippen LogP contribution in [0.25, 0.3) is 0 Å². The minimum absolute atomic E-state index is 0.211. The SMILES string of the molecule is CC[C@]1(C(=O)c2ccccc2)[C@@H]2c3ccccc3OC(=O)[C@@]21C(=O)Nc1ccccc1. The van der Waals surface area contributed by atoms with Crippen molar-refractivity contribution in [2.45, 2.75) is 19.3 Å². The quantitative estimate of drug-likeness (QED) is 0.288. The Balaban J connectivity index is 1.68. The van der Waals surface area contributed by atoms with Crippen molar-refractivity contribution in [3.8, 4) is 5.75 Å². The van der Waals surface area contributed by atoms with Crippen LogP contribution in [-0.2, 0) is 9.59 Å². The minimum Gasteiger partial charge on any atom is -0.425 e. The van der Waals surface area contributed by atoms with Crippen LogP contribution in [0.2, 0.25) is 0 Å². The fraction of sp³-hybridized carbons (Fsp3) is 0.192. The van der Waals surface area contributed by atoms with E-state index in [1.807, 2.05) is 31.2 Å². The van der Waals surface area contributed by atoms with Gasteiger partial charge in [-0.25, -0.2) is 0 Å². The maximum absolute atomic E-state index is 13.9. The van der Waals surface area contributed by atoms with Gasteiger partial charge in [-0.05, 0) is 24.6 Å². The van der Waals surface area contributed by atoms with Crippen molar-refractivity contribution < 1.29 is 19.1 Å². The van der Waals surface area contributed by atoms with Crippen molar-refractivity contribution in [2.75, 3.05) is 5.32 Å². The zero-order valence-electron chi connectivity index (χ0n) is 17.0. The van der Waals surface area contributed by atoms with E-state index in [0.29, 0.717) is 23.4 Å². The Hall–Kier alpha value is -3.73. The topological polar surface area (TPSA) is 72.5 Å². The van der Waals surface area contributed by atoms with Crippen molar-refractivity contribution in [3.05, 3.63) is 96.1 Å². The summed E-state index contributed by atoms with van der Waals surface area (Å²) in [6.45, 7) is 1.85. The Bertz CT molecular complexity index is 1190. The van der Waals surface area contributed by atoms with Gasteiger partial charge in [0.15, 0.2) is 11.2 Å². The summed E-state index contributed by atoms with van der Waals surface area (Å²) in [4.78, 5) is 41.0. The molecule has 3 aromatic rings. The lowest BCUT2D eigenvalue weighted by molar-refractivity contribution is -0.147. The van der Waals surface area contributed by atoms with Gasteiger partial charge in [0.2, 0.25) is 5.91 Å². The molecule has 0 unspecified atom stereocenters. The first-order chi connectivity index (χ1) is 15.1. The lowest BCUT2D eigenvalue weighted by atomic mass is 9.82. The Morgan fingerprint density at radius 1 is 0.903 bits per heavy atom. The number of hydrogen-bond donors (Lipinski definition) is 1. The normalized spacial score (nSPS) is 25.6. The van der Waals surface area contributed by atoms with Gasteiger partial charge in [-0.3, -0.25) is 14.4 Å². The molecule has 5 nitrogen and oxygen atoms in total. The van der Waals surface area contributed by atoms with Crippen molar-refractivity contribution in [1.82, 2.24) is 0 Å². The molecule has 1 amide bonds. The number of fused-ring (bicyclic) bond motifs is 3. The van der Waals surface area contributed by atoms with Crippen LogP contribution in [0.4, 0.5) is 5.69 Å². The smallest absolute Gasteiger partial charge is 0.328 e. The number of amides is 1. The molecule has 0 aromatic heterocycles. The van der Waals surface area contributed by atoms with Crippen LogP contribution in [0.1, 0.15) is 35.2 Å². The van der Waals surface area contributed by atoms with E-state index in [4.69, 9.17) is 4.74 Å². The van der Waals surface area contributed by atoms with Gasteiger partial charge in [0.05, 0.1) is 5.41 Å². The van der Waals surface area contributed by atoms with Gasteiger partial charge in [0.1, 0.15) is 5.75 Å². The molecule has 1 fully saturated rings. The molecular formula is C26H21NO4. The number of ketones is 1. The Morgan fingerprint density at radius 2 is 1.52 bits per heavy atom. The molecule has 31 heavy (non-hydrogen) atoms. The monoisotopic (exact) mass is 411 g/mol. The number of anilines is 1. The van der Waals surface area contributed by atoms with Gasteiger partial charge in [0, 0.05) is 22.7 Å². The van der Waals surface area contributed by atoms with Crippen LogP contribution in [-0.4, -0.2) is 17.7 Å². The van der Waals surface area contributed by atoms with E-state index < -0.39 is 28.6 Å². The van der Waals surface area contributed by atoms with E-state index in [1.165, 1.54) is 0 Å². The molecule has 1 saturated carbocycles. The van der Waals surface area contributed by atoms with Gasteiger partial charge in [-0.15, -0.1) is 0 Å². The van der Waals surface area contributed by atoms with Gasteiger partial charge in [0.25, 0.3) is 0 Å². The van der Waals surface area contributed by atoms with Gasteiger partial charge < -0.3 is 10.1 Å². The predicted molar refractivity (Wildman–Crippen MR) is 116 cm³/mol. The van der Waals surface area contributed by atoms with Crippen LogP contribution in [0.15, 0.2) is 84.9 Å². The second kappa shape index (κ2) is 6.91. The summed E-state index contributed by atoms with van der Waals surface area (Å²) >= 11 is 0. The van der Waals surface area contributed by atoms with E-state index in [1.54, 1.807) is 60.7 Å². The summed E-state index contributed by atoms with van der Waals surface area (Å²) in [5, 5.41) is 2.86. The summed E-state index contributed by atoms with van der Waals surface area (Å²) < 4.78 is 5.64. The second-order valence-corrected chi connectivity index (χ2v) is 8.01. The van der Waals surface area contributed by atoms with Crippen LogP contribution < -0.4 is 10.1 Å². The third kappa shape index (κ3) is 2.46. The Kier molecular flexibility index (Phi) is 4.29. The standard InChI is InChI=1S/C26H21NO4/c1-2-25(22(28)17-11-5-3-6-12-17)21-19-15-9-10-16-20(19)31-24(30)26(21,25)23(29)27-18-13-7-4-8-14-18/h3-16,21H,2H2,1H3,(H,27,29)/t21-,25+,26-/m0/s1. The van der Waals surface area contributed by atoms with E-state index in [-0.39, 0.29) is 5.78 Å². The summed E-state index contributed by atoms with van der Waals surface area (Å²) in [6.07, 6.45) is 0.330. The number of carbonyl (C=O) groups excluding carboxylic acids is 3. The van der Waals surface area contributed by atoms with Crippen molar-refractivity contribution in [2.24, 2.45) is 10.8 Å². The zero-order chi connectivity index (χ0) is 21.6.